The average molecular weight is 294 g/mol. The maximum atomic E-state index is 11.8. The number of carboxylic acids is 1. The molecule has 0 spiro atoms. The van der Waals surface area contributed by atoms with E-state index in [1.165, 1.54) is 24.3 Å². The number of hydrogen-bond donors (Lipinski definition) is 2. The van der Waals surface area contributed by atoms with Gasteiger partial charge in [-0.1, -0.05) is 26.0 Å². The zero-order chi connectivity index (χ0) is 16.0. The second-order valence-corrected chi connectivity index (χ2v) is 5.19. The molecule has 0 aromatic heterocycles. The number of carbonyl (C=O) groups excluding carboxylic acids is 1. The molecule has 0 bridgehead atoms. The van der Waals surface area contributed by atoms with E-state index in [4.69, 9.17) is 5.11 Å². The summed E-state index contributed by atoms with van der Waals surface area (Å²) >= 11 is 0. The molecule has 7 heteroatoms. The third-order valence-corrected chi connectivity index (χ3v) is 2.85. The standard InChI is InChI=1S/C14H18N2O5/c1-9(2)7-12(14(18)19)15-13(17)8-10-3-5-11(6-4-10)16(20)21/h3-6,9,12H,7-8H2,1-2H3,(H,15,17)(H,18,19)/t12-/m1/s1. The van der Waals surface area contributed by atoms with E-state index in [1.807, 2.05) is 13.8 Å². The molecule has 0 aliphatic heterocycles. The fourth-order valence-corrected chi connectivity index (χ4v) is 1.86. The van der Waals surface area contributed by atoms with Crippen molar-refractivity contribution in [3.63, 3.8) is 0 Å². The van der Waals surface area contributed by atoms with Crippen molar-refractivity contribution >= 4 is 17.6 Å². The fraction of sp³-hybridized carbons (Fsp3) is 0.429. The number of carboxylic acid groups (broad SMARTS) is 1. The lowest BCUT2D eigenvalue weighted by molar-refractivity contribution is -0.384. The molecule has 0 aliphatic rings. The normalized spacial score (nSPS) is 12.0. The van der Waals surface area contributed by atoms with Crippen molar-refractivity contribution in [2.75, 3.05) is 0 Å². The molecular weight excluding hydrogens is 276 g/mol. The second-order valence-electron chi connectivity index (χ2n) is 5.19. The predicted octanol–water partition coefficient (Wildman–Crippen LogP) is 1.75. The van der Waals surface area contributed by atoms with Crippen LogP contribution in [0.2, 0.25) is 0 Å². The zero-order valence-electron chi connectivity index (χ0n) is 11.9. The highest BCUT2D eigenvalue weighted by Gasteiger charge is 2.21. The smallest absolute Gasteiger partial charge is 0.326 e. The first kappa shape index (κ1) is 16.6. The maximum Gasteiger partial charge on any atom is 0.326 e. The van der Waals surface area contributed by atoms with Crippen molar-refractivity contribution in [3.05, 3.63) is 39.9 Å². The Morgan fingerprint density at radius 2 is 1.86 bits per heavy atom. The molecule has 0 radical (unpaired) electrons. The number of nitrogens with one attached hydrogen (secondary N) is 1. The summed E-state index contributed by atoms with van der Waals surface area (Å²) in [6.45, 7) is 3.75. The van der Waals surface area contributed by atoms with Gasteiger partial charge in [-0.15, -0.1) is 0 Å². The summed E-state index contributed by atoms with van der Waals surface area (Å²) < 4.78 is 0. The van der Waals surface area contributed by atoms with E-state index in [2.05, 4.69) is 5.32 Å². The number of aliphatic carboxylic acids is 1. The van der Waals surface area contributed by atoms with Gasteiger partial charge in [0, 0.05) is 12.1 Å². The van der Waals surface area contributed by atoms with Crippen LogP contribution in [-0.4, -0.2) is 27.9 Å². The molecule has 0 aliphatic carbocycles. The van der Waals surface area contributed by atoms with Gasteiger partial charge >= 0.3 is 5.97 Å². The van der Waals surface area contributed by atoms with E-state index in [-0.39, 0.29) is 18.0 Å². The van der Waals surface area contributed by atoms with Gasteiger partial charge in [-0.25, -0.2) is 4.79 Å². The van der Waals surface area contributed by atoms with Crippen molar-refractivity contribution in [1.29, 1.82) is 0 Å². The molecule has 0 saturated carbocycles. The Bertz CT molecular complexity index is 525. The van der Waals surface area contributed by atoms with Gasteiger partial charge in [0.05, 0.1) is 11.3 Å². The lowest BCUT2D eigenvalue weighted by Crippen LogP contribution is -2.42. The van der Waals surface area contributed by atoms with Crippen molar-refractivity contribution in [2.45, 2.75) is 32.7 Å². The molecule has 2 N–H and O–H groups in total. The summed E-state index contributed by atoms with van der Waals surface area (Å²) in [5.41, 5.74) is 0.536. The number of carbonyl (C=O) groups is 2. The van der Waals surface area contributed by atoms with Gasteiger partial charge in [0.15, 0.2) is 0 Å². The number of amides is 1. The number of non-ortho nitro benzene ring substituents is 1. The van der Waals surface area contributed by atoms with Crippen LogP contribution in [0, 0.1) is 16.0 Å². The summed E-state index contributed by atoms with van der Waals surface area (Å²) in [6, 6.07) is 4.67. The minimum absolute atomic E-state index is 0.0140. The van der Waals surface area contributed by atoms with Gasteiger partial charge in [-0.2, -0.15) is 0 Å². The first-order valence-corrected chi connectivity index (χ1v) is 6.55. The summed E-state index contributed by atoms with van der Waals surface area (Å²) in [5, 5.41) is 22.0. The van der Waals surface area contributed by atoms with Gasteiger partial charge in [-0.05, 0) is 17.9 Å². The van der Waals surface area contributed by atoms with Crippen molar-refractivity contribution in [3.8, 4) is 0 Å². The van der Waals surface area contributed by atoms with Crippen LogP contribution in [0.1, 0.15) is 25.8 Å². The molecule has 1 rings (SSSR count). The van der Waals surface area contributed by atoms with Crippen LogP contribution in [0.25, 0.3) is 0 Å². The summed E-state index contributed by atoms with van der Waals surface area (Å²) in [5.74, 6) is -1.34. The minimum Gasteiger partial charge on any atom is -0.480 e. The summed E-state index contributed by atoms with van der Waals surface area (Å²) in [6.07, 6.45) is 0.335. The van der Waals surface area contributed by atoms with E-state index >= 15 is 0 Å². The fourth-order valence-electron chi connectivity index (χ4n) is 1.86. The maximum absolute atomic E-state index is 11.8. The largest absolute Gasteiger partial charge is 0.480 e. The Morgan fingerprint density at radius 1 is 1.29 bits per heavy atom. The van der Waals surface area contributed by atoms with Crippen LogP contribution >= 0.6 is 0 Å². The Kier molecular flexibility index (Phi) is 5.83. The number of hydrogen-bond acceptors (Lipinski definition) is 4. The molecule has 1 aromatic rings. The van der Waals surface area contributed by atoms with E-state index in [1.54, 1.807) is 0 Å². The first-order valence-electron chi connectivity index (χ1n) is 6.55. The molecule has 0 fully saturated rings. The Hall–Kier alpha value is -2.44. The van der Waals surface area contributed by atoms with Crippen molar-refractivity contribution < 1.29 is 19.6 Å². The van der Waals surface area contributed by atoms with Gasteiger partial charge < -0.3 is 10.4 Å². The number of nitro groups is 1. The van der Waals surface area contributed by atoms with Gasteiger partial charge in [0.1, 0.15) is 6.04 Å². The molecule has 1 aromatic carbocycles. The molecule has 1 atom stereocenters. The quantitative estimate of drug-likeness (QED) is 0.588. The Morgan fingerprint density at radius 3 is 2.29 bits per heavy atom. The van der Waals surface area contributed by atoms with Crippen LogP contribution in [0.4, 0.5) is 5.69 Å². The third kappa shape index (κ3) is 5.60. The van der Waals surface area contributed by atoms with Gasteiger partial charge in [0.2, 0.25) is 5.91 Å². The summed E-state index contributed by atoms with van der Waals surface area (Å²) in [4.78, 5) is 32.9. The molecule has 0 unspecified atom stereocenters. The van der Waals surface area contributed by atoms with E-state index in [0.29, 0.717) is 12.0 Å². The predicted molar refractivity (Wildman–Crippen MR) is 75.8 cm³/mol. The van der Waals surface area contributed by atoms with Crippen LogP contribution in [0.5, 0.6) is 0 Å². The monoisotopic (exact) mass is 294 g/mol. The average Bonchev–Trinajstić information content (AvgIpc) is 2.37. The van der Waals surface area contributed by atoms with Crippen LogP contribution in [0.15, 0.2) is 24.3 Å². The number of benzene rings is 1. The molecule has 0 heterocycles. The number of nitrogens with zero attached hydrogens (tertiary/aromatic N) is 1. The van der Waals surface area contributed by atoms with E-state index in [9.17, 15) is 19.7 Å². The highest BCUT2D eigenvalue weighted by Crippen LogP contribution is 2.12. The number of rotatable bonds is 7. The molecule has 7 nitrogen and oxygen atoms in total. The Balaban J connectivity index is 2.63. The van der Waals surface area contributed by atoms with Gasteiger partial charge in [-0.3, -0.25) is 14.9 Å². The van der Waals surface area contributed by atoms with Gasteiger partial charge in [0.25, 0.3) is 5.69 Å². The molecule has 21 heavy (non-hydrogen) atoms. The molecule has 1 amide bonds. The lowest BCUT2D eigenvalue weighted by atomic mass is 10.0. The third-order valence-electron chi connectivity index (χ3n) is 2.85. The minimum atomic E-state index is -1.07. The van der Waals surface area contributed by atoms with E-state index in [0.717, 1.165) is 0 Å². The number of nitro benzene ring substituents is 1. The van der Waals surface area contributed by atoms with Crippen LogP contribution in [0.3, 0.4) is 0 Å². The molecular formula is C14H18N2O5. The lowest BCUT2D eigenvalue weighted by Gasteiger charge is -2.16. The SMILES string of the molecule is CC(C)C[C@@H](NC(=O)Cc1ccc([N+](=O)[O-])cc1)C(=O)O. The van der Waals surface area contributed by atoms with E-state index < -0.39 is 22.8 Å². The van der Waals surface area contributed by atoms with Crippen molar-refractivity contribution in [2.24, 2.45) is 5.92 Å². The molecule has 0 saturated heterocycles. The Labute approximate surface area is 122 Å². The second kappa shape index (κ2) is 7.37. The topological polar surface area (TPSA) is 110 Å². The van der Waals surface area contributed by atoms with Crippen LogP contribution < -0.4 is 5.32 Å². The highest BCUT2D eigenvalue weighted by atomic mass is 16.6. The highest BCUT2D eigenvalue weighted by molar-refractivity contribution is 5.84. The van der Waals surface area contributed by atoms with Crippen LogP contribution in [-0.2, 0) is 16.0 Å². The first-order chi connectivity index (χ1) is 9.79. The molecule has 114 valence electrons. The van der Waals surface area contributed by atoms with Crippen molar-refractivity contribution in [1.82, 2.24) is 5.32 Å². The summed E-state index contributed by atoms with van der Waals surface area (Å²) in [7, 11) is 0. The zero-order valence-corrected chi connectivity index (χ0v) is 11.9.